The third-order valence-electron chi connectivity index (χ3n) is 8.49. The second-order valence-corrected chi connectivity index (χ2v) is 11.6. The minimum atomic E-state index is 0.566. The van der Waals surface area contributed by atoms with Gasteiger partial charge in [0, 0.05) is 24.0 Å². The maximum absolute atomic E-state index is 6.13. The summed E-state index contributed by atoms with van der Waals surface area (Å²) in [6, 6.07) is 34.3. The van der Waals surface area contributed by atoms with Crippen molar-refractivity contribution in [1.82, 2.24) is 9.47 Å². The van der Waals surface area contributed by atoms with E-state index in [0.717, 1.165) is 31.2 Å². The average molecular weight is 559 g/mol. The molecule has 0 unspecified atom stereocenters. The lowest BCUT2D eigenvalue weighted by molar-refractivity contribution is 0.214. The highest BCUT2D eigenvalue weighted by Crippen LogP contribution is 2.35. The van der Waals surface area contributed by atoms with E-state index in [1.165, 1.54) is 83.2 Å². The molecule has 5 aromatic rings. The first-order valence-electron chi connectivity index (χ1n) is 15.4. The van der Waals surface area contributed by atoms with E-state index in [4.69, 9.17) is 9.47 Å². The van der Waals surface area contributed by atoms with Crippen molar-refractivity contribution in [2.75, 3.05) is 26.2 Å². The van der Waals surface area contributed by atoms with E-state index in [9.17, 15) is 0 Å². The molecule has 4 aromatic carbocycles. The van der Waals surface area contributed by atoms with E-state index in [1.54, 1.807) is 0 Å². The number of rotatable bonds is 10. The first-order valence-corrected chi connectivity index (χ1v) is 15.4. The summed E-state index contributed by atoms with van der Waals surface area (Å²) >= 11 is 0. The van der Waals surface area contributed by atoms with Gasteiger partial charge in [-0.2, -0.15) is 0 Å². The van der Waals surface area contributed by atoms with Crippen LogP contribution in [-0.4, -0.2) is 35.7 Å². The minimum absolute atomic E-state index is 0.566. The van der Waals surface area contributed by atoms with Crippen molar-refractivity contribution >= 4 is 10.9 Å². The Hall–Kier alpha value is -4.02. The highest BCUT2D eigenvalue weighted by Gasteiger charge is 2.17. The number of aromatic nitrogens is 1. The van der Waals surface area contributed by atoms with Crippen LogP contribution in [-0.2, 0) is 13.2 Å². The van der Waals surface area contributed by atoms with E-state index < -0.39 is 0 Å². The third kappa shape index (κ3) is 6.71. The molecule has 0 atom stereocenters. The first kappa shape index (κ1) is 28.1. The molecule has 6 rings (SSSR count). The number of fused-ring (bicyclic) bond motifs is 1. The van der Waals surface area contributed by atoms with Crippen molar-refractivity contribution in [2.24, 2.45) is 0 Å². The van der Waals surface area contributed by atoms with Gasteiger partial charge in [-0.15, -0.1) is 0 Å². The molecule has 0 aliphatic carbocycles. The third-order valence-corrected chi connectivity index (χ3v) is 8.49. The van der Waals surface area contributed by atoms with Crippen molar-refractivity contribution in [3.05, 3.63) is 119 Å². The number of nitrogens with zero attached hydrogens (tertiary/aromatic N) is 2. The van der Waals surface area contributed by atoms with E-state index in [-0.39, 0.29) is 0 Å². The monoisotopic (exact) mass is 558 g/mol. The molecule has 0 radical (unpaired) electrons. The zero-order valence-corrected chi connectivity index (χ0v) is 25.0. The number of benzene rings is 4. The Balaban J connectivity index is 1.19. The van der Waals surface area contributed by atoms with Gasteiger partial charge in [-0.25, -0.2) is 0 Å². The lowest BCUT2D eigenvalue weighted by atomic mass is 10.1. The second kappa shape index (κ2) is 13.3. The highest BCUT2D eigenvalue weighted by molar-refractivity contribution is 5.92. The molecule has 1 aromatic heterocycles. The Morgan fingerprint density at radius 2 is 1.36 bits per heavy atom. The zero-order chi connectivity index (χ0) is 28.7. The summed E-state index contributed by atoms with van der Waals surface area (Å²) in [5.41, 5.74) is 8.72. The lowest BCUT2D eigenvalue weighted by Crippen LogP contribution is -2.29. The Morgan fingerprint density at radius 3 is 2.10 bits per heavy atom. The van der Waals surface area contributed by atoms with Gasteiger partial charge in [0.2, 0.25) is 0 Å². The van der Waals surface area contributed by atoms with Gasteiger partial charge in [0.1, 0.15) is 24.7 Å². The van der Waals surface area contributed by atoms with Gasteiger partial charge in [-0.3, -0.25) is 4.90 Å². The molecule has 1 saturated heterocycles. The zero-order valence-electron chi connectivity index (χ0n) is 25.0. The van der Waals surface area contributed by atoms with Gasteiger partial charge < -0.3 is 14.0 Å². The molecular formula is C38H42N2O2. The van der Waals surface area contributed by atoms with Crippen LogP contribution in [0, 0.1) is 13.8 Å². The molecular weight excluding hydrogens is 516 g/mol. The number of hydrogen-bond donors (Lipinski definition) is 0. The summed E-state index contributed by atoms with van der Waals surface area (Å²) < 4.78 is 14.7. The predicted octanol–water partition coefficient (Wildman–Crippen LogP) is 8.81. The second-order valence-electron chi connectivity index (χ2n) is 11.6. The molecule has 0 saturated carbocycles. The quantitative estimate of drug-likeness (QED) is 0.171. The van der Waals surface area contributed by atoms with E-state index in [1.807, 2.05) is 18.2 Å². The fourth-order valence-electron chi connectivity index (χ4n) is 6.15. The van der Waals surface area contributed by atoms with Gasteiger partial charge in [-0.1, -0.05) is 66.9 Å². The molecule has 1 aliphatic heterocycles. The maximum atomic E-state index is 6.13. The molecule has 0 N–H and O–H groups in total. The molecule has 4 heteroatoms. The van der Waals surface area contributed by atoms with Crippen molar-refractivity contribution in [1.29, 1.82) is 0 Å². The van der Waals surface area contributed by atoms with Crippen LogP contribution in [0.15, 0.2) is 97.1 Å². The van der Waals surface area contributed by atoms with E-state index >= 15 is 0 Å². The number of ether oxygens (including phenoxy) is 2. The summed E-state index contributed by atoms with van der Waals surface area (Å²) in [5, 5.41) is 1.31. The smallest absolute Gasteiger partial charge is 0.119 e. The van der Waals surface area contributed by atoms with Gasteiger partial charge in [0.25, 0.3) is 0 Å². The standard InChI is InChI=1S/C38H42N2O2/c1-29-12-21-37-36(26-29)30(2)38(33-15-19-35(20-16-33)42-28-32-10-6-5-7-11-32)40(37)27-31-13-17-34(18-14-31)41-25-24-39-22-8-3-4-9-23-39/h5-7,10-21,26H,3-4,8-9,22-25,27-28H2,1-2H3. The van der Waals surface area contributed by atoms with Crippen molar-refractivity contribution in [3.8, 4) is 22.8 Å². The predicted molar refractivity (Wildman–Crippen MR) is 174 cm³/mol. The minimum Gasteiger partial charge on any atom is -0.492 e. The Morgan fingerprint density at radius 1 is 0.667 bits per heavy atom. The molecule has 1 aliphatic rings. The molecule has 42 heavy (non-hydrogen) atoms. The van der Waals surface area contributed by atoms with Crippen molar-refractivity contribution < 1.29 is 9.47 Å². The maximum Gasteiger partial charge on any atom is 0.119 e. The van der Waals surface area contributed by atoms with Crippen LogP contribution in [0.3, 0.4) is 0 Å². The Labute approximate surface area is 250 Å². The molecule has 0 bridgehead atoms. The summed E-state index contributed by atoms with van der Waals surface area (Å²) in [5.74, 6) is 1.83. The molecule has 2 heterocycles. The fourth-order valence-corrected chi connectivity index (χ4v) is 6.15. The van der Waals surface area contributed by atoms with Crippen LogP contribution < -0.4 is 9.47 Å². The Bertz CT molecular complexity index is 1580. The van der Waals surface area contributed by atoms with Crippen LogP contribution in [0.4, 0.5) is 0 Å². The normalized spacial score (nSPS) is 14.1. The molecule has 0 amide bonds. The topological polar surface area (TPSA) is 26.6 Å². The number of aryl methyl sites for hydroxylation is 2. The van der Waals surface area contributed by atoms with Crippen LogP contribution in [0.5, 0.6) is 11.5 Å². The first-order chi connectivity index (χ1) is 20.6. The molecule has 0 spiro atoms. The van der Waals surface area contributed by atoms with Gasteiger partial charge in [0.05, 0.1) is 5.69 Å². The lowest BCUT2D eigenvalue weighted by Gasteiger charge is -2.19. The van der Waals surface area contributed by atoms with Crippen LogP contribution in [0.25, 0.3) is 22.2 Å². The average Bonchev–Trinajstić information content (AvgIpc) is 3.15. The Kier molecular flexibility index (Phi) is 8.91. The summed E-state index contributed by atoms with van der Waals surface area (Å²) in [7, 11) is 0. The van der Waals surface area contributed by atoms with Crippen LogP contribution in [0.2, 0.25) is 0 Å². The van der Waals surface area contributed by atoms with Crippen LogP contribution in [0.1, 0.15) is 47.9 Å². The molecule has 216 valence electrons. The van der Waals surface area contributed by atoms with Gasteiger partial charge >= 0.3 is 0 Å². The SMILES string of the molecule is Cc1ccc2c(c1)c(C)c(-c1ccc(OCc3ccccc3)cc1)n2Cc1ccc(OCCN2CCCCCC2)cc1. The van der Waals surface area contributed by atoms with Gasteiger partial charge in [0.15, 0.2) is 0 Å². The van der Waals surface area contributed by atoms with Crippen LogP contribution >= 0.6 is 0 Å². The summed E-state index contributed by atoms with van der Waals surface area (Å²) in [4.78, 5) is 2.55. The fraction of sp³-hybridized carbons (Fsp3) is 0.316. The number of hydrogen-bond acceptors (Lipinski definition) is 3. The largest absolute Gasteiger partial charge is 0.492 e. The van der Waals surface area contributed by atoms with E-state index in [0.29, 0.717) is 6.61 Å². The summed E-state index contributed by atoms with van der Waals surface area (Å²) in [6.45, 7) is 9.94. The van der Waals surface area contributed by atoms with Gasteiger partial charge in [-0.05, 0) is 111 Å². The molecule has 4 nitrogen and oxygen atoms in total. The van der Waals surface area contributed by atoms with Crippen molar-refractivity contribution in [2.45, 2.75) is 52.7 Å². The summed E-state index contributed by atoms with van der Waals surface area (Å²) in [6.07, 6.45) is 5.36. The highest BCUT2D eigenvalue weighted by atomic mass is 16.5. The van der Waals surface area contributed by atoms with Crippen molar-refractivity contribution in [3.63, 3.8) is 0 Å². The van der Waals surface area contributed by atoms with E-state index in [2.05, 4.69) is 102 Å². The number of likely N-dealkylation sites (tertiary alicyclic amines) is 1. The molecule has 1 fully saturated rings.